The second kappa shape index (κ2) is 10.5. The second-order valence-electron chi connectivity index (χ2n) is 9.92. The van der Waals surface area contributed by atoms with E-state index in [-0.39, 0.29) is 60.9 Å². The number of pyridine rings is 1. The number of aliphatic hydroxyl groups excluding tert-OH is 1. The molecule has 2 aromatic heterocycles. The molecular formula is C25H26ClF2N5O6S. The van der Waals surface area contributed by atoms with Crippen molar-refractivity contribution >= 4 is 44.2 Å². The highest BCUT2D eigenvalue weighted by molar-refractivity contribution is 7.88. The Morgan fingerprint density at radius 3 is 2.65 bits per heavy atom. The first-order valence-corrected chi connectivity index (χ1v) is 14.8. The number of ether oxygens (including phenoxy) is 3. The van der Waals surface area contributed by atoms with Crippen molar-refractivity contribution in [2.24, 2.45) is 0 Å². The molecule has 3 aliphatic heterocycles. The zero-order valence-electron chi connectivity index (χ0n) is 21.2. The van der Waals surface area contributed by atoms with Crippen molar-refractivity contribution in [3.05, 3.63) is 52.1 Å². The maximum Gasteiger partial charge on any atom is 0.296 e. The molecular weight excluding hydrogens is 572 g/mol. The van der Waals surface area contributed by atoms with Gasteiger partial charge in [0, 0.05) is 25.2 Å². The fourth-order valence-corrected chi connectivity index (χ4v) is 6.09. The first-order chi connectivity index (χ1) is 19.1. The summed E-state index contributed by atoms with van der Waals surface area (Å²) in [7, 11) is -3.33. The van der Waals surface area contributed by atoms with Crippen LogP contribution in [0.5, 0.6) is 6.01 Å². The molecule has 15 heteroatoms. The molecule has 2 fully saturated rings. The van der Waals surface area contributed by atoms with Gasteiger partial charge in [-0.05, 0) is 35.8 Å². The number of aromatic nitrogens is 3. The number of aliphatic hydroxyl groups is 1. The van der Waals surface area contributed by atoms with Gasteiger partial charge < -0.3 is 29.6 Å². The number of nitrogens with zero attached hydrogens (tertiary/aromatic N) is 3. The highest BCUT2D eigenvalue weighted by atomic mass is 35.5. The molecule has 4 atom stereocenters. The van der Waals surface area contributed by atoms with E-state index < -0.39 is 46.1 Å². The zero-order chi connectivity index (χ0) is 28.2. The van der Waals surface area contributed by atoms with Crippen molar-refractivity contribution in [1.82, 2.24) is 19.3 Å². The van der Waals surface area contributed by atoms with E-state index in [0.717, 1.165) is 6.26 Å². The van der Waals surface area contributed by atoms with Crippen LogP contribution in [0, 0.1) is 11.6 Å². The molecule has 3 N–H and O–H groups in total. The van der Waals surface area contributed by atoms with Gasteiger partial charge in [0.05, 0.1) is 30.0 Å². The Labute approximate surface area is 233 Å². The average molecular weight is 598 g/mol. The van der Waals surface area contributed by atoms with E-state index in [0.29, 0.717) is 23.1 Å². The lowest BCUT2D eigenvalue weighted by Crippen LogP contribution is -2.34. The fraction of sp³-hybridized carbons (Fsp3) is 0.440. The molecule has 0 aliphatic carbocycles. The Hall–Kier alpha value is -2.88. The topological polar surface area (TPSA) is 139 Å². The van der Waals surface area contributed by atoms with Gasteiger partial charge in [0.15, 0.2) is 11.8 Å². The summed E-state index contributed by atoms with van der Waals surface area (Å²) >= 11 is 6.37. The number of fused-ring (bicyclic) bond motifs is 2. The monoisotopic (exact) mass is 597 g/mol. The van der Waals surface area contributed by atoms with Crippen LogP contribution in [-0.4, -0.2) is 89.8 Å². The highest BCUT2D eigenvalue weighted by Gasteiger charge is 2.48. The van der Waals surface area contributed by atoms with Crippen molar-refractivity contribution in [2.45, 2.75) is 37.4 Å². The maximum absolute atomic E-state index is 15.0. The largest absolute Gasteiger partial charge is 0.456 e. The van der Waals surface area contributed by atoms with E-state index in [1.54, 1.807) is 12.1 Å². The molecule has 2 saturated heterocycles. The minimum absolute atomic E-state index is 0.153. The SMILES string of the molecule is CS(=O)(=O)N1CC=C(c2cc(F)c(CNc3nc4nc(O[C@@H]5CO[C@H]6[C@@H]5OC[C@H]6O)[nH]c4cc3Cl)c(F)c2)CC1. The van der Waals surface area contributed by atoms with Crippen molar-refractivity contribution in [2.75, 3.05) is 37.9 Å². The summed E-state index contributed by atoms with van der Waals surface area (Å²) in [6.45, 7) is 0.577. The molecule has 0 amide bonds. The number of hydrogen-bond donors (Lipinski definition) is 3. The van der Waals surface area contributed by atoms with Crippen LogP contribution in [0.15, 0.2) is 24.3 Å². The lowest BCUT2D eigenvalue weighted by molar-refractivity contribution is 0.00706. The van der Waals surface area contributed by atoms with E-state index in [1.165, 1.54) is 16.4 Å². The number of anilines is 1. The van der Waals surface area contributed by atoms with Gasteiger partial charge in [-0.1, -0.05) is 17.7 Å². The lowest BCUT2D eigenvalue weighted by Gasteiger charge is -2.24. The van der Waals surface area contributed by atoms with Crippen molar-refractivity contribution < 1.29 is 36.5 Å². The van der Waals surface area contributed by atoms with Crippen LogP contribution in [0.3, 0.4) is 0 Å². The highest BCUT2D eigenvalue weighted by Crippen LogP contribution is 2.32. The van der Waals surface area contributed by atoms with E-state index in [9.17, 15) is 22.3 Å². The summed E-state index contributed by atoms with van der Waals surface area (Å²) in [5.74, 6) is -1.33. The van der Waals surface area contributed by atoms with E-state index in [2.05, 4.69) is 20.3 Å². The predicted molar refractivity (Wildman–Crippen MR) is 141 cm³/mol. The maximum atomic E-state index is 15.0. The summed E-state index contributed by atoms with van der Waals surface area (Å²) < 4.78 is 71.7. The van der Waals surface area contributed by atoms with E-state index in [4.69, 9.17) is 25.8 Å². The Kier molecular flexibility index (Phi) is 7.17. The summed E-state index contributed by atoms with van der Waals surface area (Å²) in [6.07, 6.45) is 1.12. The third-order valence-corrected chi connectivity index (χ3v) is 8.79. The molecule has 3 aromatic rings. The third kappa shape index (κ3) is 5.27. The van der Waals surface area contributed by atoms with Crippen LogP contribution in [-0.2, 0) is 26.0 Å². The Balaban J connectivity index is 1.14. The summed E-state index contributed by atoms with van der Waals surface area (Å²) in [5, 5.41) is 13.0. The minimum Gasteiger partial charge on any atom is -0.456 e. The number of sulfonamides is 1. The van der Waals surface area contributed by atoms with Gasteiger partial charge in [0.2, 0.25) is 10.0 Å². The second-order valence-corrected chi connectivity index (χ2v) is 12.3. The van der Waals surface area contributed by atoms with Gasteiger partial charge in [-0.2, -0.15) is 9.29 Å². The molecule has 5 heterocycles. The van der Waals surface area contributed by atoms with Gasteiger partial charge in [-0.3, -0.25) is 0 Å². The van der Waals surface area contributed by atoms with Gasteiger partial charge in [-0.25, -0.2) is 22.2 Å². The number of aromatic amines is 1. The number of nitrogens with one attached hydrogen (secondary N) is 2. The molecule has 40 heavy (non-hydrogen) atoms. The number of halogens is 3. The summed E-state index contributed by atoms with van der Waals surface area (Å²) in [5.41, 5.74) is 1.61. The van der Waals surface area contributed by atoms with Crippen molar-refractivity contribution in [3.8, 4) is 6.01 Å². The predicted octanol–water partition coefficient (Wildman–Crippen LogP) is 2.46. The number of hydrogen-bond acceptors (Lipinski definition) is 9. The van der Waals surface area contributed by atoms with Crippen LogP contribution in [0.25, 0.3) is 16.7 Å². The molecule has 0 radical (unpaired) electrons. The van der Waals surface area contributed by atoms with E-state index in [1.807, 2.05) is 0 Å². The molecule has 214 valence electrons. The smallest absolute Gasteiger partial charge is 0.296 e. The fourth-order valence-electron chi connectivity index (χ4n) is 5.11. The molecule has 0 spiro atoms. The minimum atomic E-state index is -3.33. The van der Waals surface area contributed by atoms with Gasteiger partial charge in [0.25, 0.3) is 6.01 Å². The van der Waals surface area contributed by atoms with Gasteiger partial charge in [0.1, 0.15) is 35.8 Å². The van der Waals surface area contributed by atoms with Gasteiger partial charge in [-0.15, -0.1) is 0 Å². The number of benzene rings is 1. The van der Waals surface area contributed by atoms with Crippen LogP contribution in [0.2, 0.25) is 5.02 Å². The summed E-state index contributed by atoms with van der Waals surface area (Å²) in [4.78, 5) is 11.7. The molecule has 0 unspecified atom stereocenters. The first-order valence-electron chi connectivity index (χ1n) is 12.6. The van der Waals surface area contributed by atoms with Crippen LogP contribution in [0.1, 0.15) is 17.5 Å². The van der Waals surface area contributed by atoms with Gasteiger partial charge >= 0.3 is 0 Å². The Bertz CT molecular complexity index is 1580. The molecule has 0 saturated carbocycles. The van der Waals surface area contributed by atoms with Crippen LogP contribution >= 0.6 is 11.6 Å². The number of imidazole rings is 1. The zero-order valence-corrected chi connectivity index (χ0v) is 22.8. The average Bonchev–Trinajstić information content (AvgIpc) is 3.59. The molecule has 6 rings (SSSR count). The molecule has 3 aliphatic rings. The van der Waals surface area contributed by atoms with Crippen LogP contribution < -0.4 is 10.1 Å². The molecule has 0 bridgehead atoms. The standard InChI is InChI=1S/C25H26ClF2N5O6S/c1-40(35,36)33-4-2-12(3-5-33)13-6-16(27)14(17(28)7-13)9-29-23-15(26)8-18-24(31-23)32-25(30-18)39-20-11-38-21-19(34)10-37-22(20)21/h2,6-8,19-22,34H,3-5,9-11H2,1H3,(H2,29,30,31,32)/t19-,20-,21-,22-/m1/s1. The third-order valence-electron chi connectivity index (χ3n) is 7.24. The normalized spacial score (nSPS) is 25.3. The first kappa shape index (κ1) is 27.3. The Morgan fingerprint density at radius 2 is 1.95 bits per heavy atom. The Morgan fingerprint density at radius 1 is 1.20 bits per heavy atom. The quantitative estimate of drug-likeness (QED) is 0.375. The molecule has 1 aromatic carbocycles. The number of rotatable bonds is 7. The number of H-pyrrole nitrogens is 1. The summed E-state index contributed by atoms with van der Waals surface area (Å²) in [6, 6.07) is 4.21. The van der Waals surface area contributed by atoms with E-state index >= 15 is 0 Å². The van der Waals surface area contributed by atoms with Crippen molar-refractivity contribution in [1.29, 1.82) is 0 Å². The van der Waals surface area contributed by atoms with Crippen LogP contribution in [0.4, 0.5) is 14.6 Å². The van der Waals surface area contributed by atoms with Crippen molar-refractivity contribution in [3.63, 3.8) is 0 Å². The lowest BCUT2D eigenvalue weighted by atomic mass is 9.98. The molecule has 11 nitrogen and oxygen atoms in total.